The van der Waals surface area contributed by atoms with E-state index in [0.717, 1.165) is 26.4 Å². The molecule has 90 valence electrons. The summed E-state index contributed by atoms with van der Waals surface area (Å²) in [6.07, 6.45) is 0. The molecule has 0 spiro atoms. The Hall–Kier alpha value is -1.91. The van der Waals surface area contributed by atoms with Gasteiger partial charge in [0, 0.05) is 5.56 Å². The van der Waals surface area contributed by atoms with Crippen molar-refractivity contribution in [1.29, 1.82) is 0 Å². The predicted molar refractivity (Wildman–Crippen MR) is 72.6 cm³/mol. The van der Waals surface area contributed by atoms with E-state index >= 15 is 0 Å². The summed E-state index contributed by atoms with van der Waals surface area (Å²) in [4.78, 5) is 4.54. The van der Waals surface area contributed by atoms with Gasteiger partial charge in [0.15, 0.2) is 0 Å². The van der Waals surface area contributed by atoms with E-state index < -0.39 is 0 Å². The van der Waals surface area contributed by atoms with Gasteiger partial charge >= 0.3 is 0 Å². The van der Waals surface area contributed by atoms with Gasteiger partial charge in [0.1, 0.15) is 10.8 Å². The number of aromatic nitrogens is 1. The van der Waals surface area contributed by atoms with Crippen LogP contribution in [-0.2, 0) is 6.61 Å². The number of hydrogen-bond acceptors (Lipinski definition) is 4. The van der Waals surface area contributed by atoms with Crippen LogP contribution in [-0.4, -0.2) is 15.2 Å². The molecule has 3 nitrogen and oxygen atoms in total. The van der Waals surface area contributed by atoms with Crippen LogP contribution in [0.25, 0.3) is 20.8 Å². The minimum absolute atomic E-state index is 0.0440. The number of aliphatic hydroxyl groups excluding tert-OH is 1. The second-order valence-corrected chi connectivity index (χ2v) is 5.06. The SMILES string of the molecule is OCc1ccc2nc(-c3ccc(O)cc3)sc2c1. The molecule has 0 saturated carbocycles. The molecule has 0 unspecified atom stereocenters. The first-order chi connectivity index (χ1) is 8.76. The lowest BCUT2D eigenvalue weighted by Gasteiger charge is -1.95. The Morgan fingerprint density at radius 2 is 1.83 bits per heavy atom. The zero-order valence-electron chi connectivity index (χ0n) is 9.50. The van der Waals surface area contributed by atoms with E-state index in [2.05, 4.69) is 4.98 Å². The molecule has 4 heteroatoms. The predicted octanol–water partition coefficient (Wildman–Crippen LogP) is 3.16. The number of benzene rings is 2. The molecular formula is C14H11NO2S. The fourth-order valence-electron chi connectivity index (χ4n) is 1.79. The molecule has 2 N–H and O–H groups in total. The number of thiazole rings is 1. The second kappa shape index (κ2) is 4.40. The summed E-state index contributed by atoms with van der Waals surface area (Å²) in [7, 11) is 0. The normalized spacial score (nSPS) is 10.9. The molecule has 0 aliphatic heterocycles. The van der Waals surface area contributed by atoms with E-state index in [4.69, 9.17) is 5.11 Å². The van der Waals surface area contributed by atoms with E-state index in [1.165, 1.54) is 0 Å². The van der Waals surface area contributed by atoms with Crippen molar-refractivity contribution in [3.8, 4) is 16.3 Å². The molecule has 0 amide bonds. The Labute approximate surface area is 108 Å². The highest BCUT2D eigenvalue weighted by molar-refractivity contribution is 7.21. The quantitative estimate of drug-likeness (QED) is 0.741. The van der Waals surface area contributed by atoms with Gasteiger partial charge in [-0.05, 0) is 42.0 Å². The monoisotopic (exact) mass is 257 g/mol. The highest BCUT2D eigenvalue weighted by Gasteiger charge is 2.06. The van der Waals surface area contributed by atoms with Crippen molar-refractivity contribution >= 4 is 21.6 Å². The van der Waals surface area contributed by atoms with Crippen molar-refractivity contribution in [2.24, 2.45) is 0 Å². The summed E-state index contributed by atoms with van der Waals surface area (Å²) in [5.74, 6) is 0.252. The molecule has 1 heterocycles. The van der Waals surface area contributed by atoms with E-state index in [-0.39, 0.29) is 12.4 Å². The molecule has 18 heavy (non-hydrogen) atoms. The van der Waals surface area contributed by atoms with Crippen molar-refractivity contribution in [3.63, 3.8) is 0 Å². The lowest BCUT2D eigenvalue weighted by Crippen LogP contribution is -1.80. The number of rotatable bonds is 2. The summed E-state index contributed by atoms with van der Waals surface area (Å²) >= 11 is 1.58. The third-order valence-corrected chi connectivity index (χ3v) is 3.82. The van der Waals surface area contributed by atoms with Crippen LogP contribution >= 0.6 is 11.3 Å². The highest BCUT2D eigenvalue weighted by atomic mass is 32.1. The molecule has 2 aromatic carbocycles. The Bertz CT molecular complexity index is 689. The average molecular weight is 257 g/mol. The van der Waals surface area contributed by atoms with Gasteiger partial charge < -0.3 is 10.2 Å². The third-order valence-electron chi connectivity index (χ3n) is 2.75. The molecule has 0 fully saturated rings. The van der Waals surface area contributed by atoms with Crippen LogP contribution in [0.5, 0.6) is 5.75 Å². The standard InChI is InChI=1S/C14H11NO2S/c16-8-9-1-6-12-13(7-9)18-14(15-12)10-2-4-11(17)5-3-10/h1-7,16-17H,8H2. The van der Waals surface area contributed by atoms with Crippen molar-refractivity contribution in [1.82, 2.24) is 4.98 Å². The van der Waals surface area contributed by atoms with Crippen LogP contribution < -0.4 is 0 Å². The van der Waals surface area contributed by atoms with E-state index in [1.54, 1.807) is 23.5 Å². The van der Waals surface area contributed by atoms with Gasteiger partial charge in [0.25, 0.3) is 0 Å². The van der Waals surface area contributed by atoms with Crippen LogP contribution in [0.2, 0.25) is 0 Å². The first-order valence-electron chi connectivity index (χ1n) is 5.56. The smallest absolute Gasteiger partial charge is 0.124 e. The zero-order chi connectivity index (χ0) is 12.5. The summed E-state index contributed by atoms with van der Waals surface area (Å²) in [6.45, 7) is 0.0440. The number of phenolic OH excluding ortho intramolecular Hbond substituents is 1. The van der Waals surface area contributed by atoms with Gasteiger partial charge in [-0.3, -0.25) is 0 Å². The van der Waals surface area contributed by atoms with Crippen LogP contribution in [0.4, 0.5) is 0 Å². The molecule has 0 aliphatic rings. The number of aromatic hydroxyl groups is 1. The Balaban J connectivity index is 2.10. The summed E-state index contributed by atoms with van der Waals surface area (Å²) < 4.78 is 1.06. The van der Waals surface area contributed by atoms with E-state index in [9.17, 15) is 5.11 Å². The number of aliphatic hydroxyl groups is 1. The maximum absolute atomic E-state index is 9.27. The van der Waals surface area contributed by atoms with Gasteiger partial charge in [-0.1, -0.05) is 6.07 Å². The molecule has 0 saturated heterocycles. The number of hydrogen-bond donors (Lipinski definition) is 2. The Kier molecular flexibility index (Phi) is 2.74. The van der Waals surface area contributed by atoms with Crippen LogP contribution in [0.15, 0.2) is 42.5 Å². The lowest BCUT2D eigenvalue weighted by molar-refractivity contribution is 0.282. The summed E-state index contributed by atoms with van der Waals surface area (Å²) in [5.41, 5.74) is 2.81. The van der Waals surface area contributed by atoms with Crippen LogP contribution in [0.1, 0.15) is 5.56 Å². The molecular weight excluding hydrogens is 246 g/mol. The minimum Gasteiger partial charge on any atom is -0.508 e. The fraction of sp³-hybridized carbons (Fsp3) is 0.0714. The largest absolute Gasteiger partial charge is 0.508 e. The average Bonchev–Trinajstić information content (AvgIpc) is 2.82. The molecule has 3 aromatic rings. The maximum atomic E-state index is 9.27. The fourth-order valence-corrected chi connectivity index (χ4v) is 2.83. The second-order valence-electron chi connectivity index (χ2n) is 4.03. The number of fused-ring (bicyclic) bond motifs is 1. The van der Waals surface area contributed by atoms with Crippen molar-refractivity contribution in [3.05, 3.63) is 48.0 Å². The molecule has 0 radical (unpaired) electrons. The molecule has 0 aliphatic carbocycles. The third kappa shape index (κ3) is 1.96. The Morgan fingerprint density at radius 1 is 1.06 bits per heavy atom. The Morgan fingerprint density at radius 3 is 2.56 bits per heavy atom. The van der Waals surface area contributed by atoms with Gasteiger partial charge in [0.2, 0.25) is 0 Å². The molecule has 1 aromatic heterocycles. The number of phenols is 1. The highest BCUT2D eigenvalue weighted by Crippen LogP contribution is 2.31. The van der Waals surface area contributed by atoms with Crippen LogP contribution in [0.3, 0.4) is 0 Å². The topological polar surface area (TPSA) is 53.4 Å². The van der Waals surface area contributed by atoms with Crippen LogP contribution in [0, 0.1) is 0 Å². The molecule has 0 bridgehead atoms. The van der Waals surface area contributed by atoms with E-state index in [0.29, 0.717) is 0 Å². The van der Waals surface area contributed by atoms with Crippen molar-refractivity contribution < 1.29 is 10.2 Å². The molecule has 3 rings (SSSR count). The number of nitrogens with zero attached hydrogens (tertiary/aromatic N) is 1. The van der Waals surface area contributed by atoms with Gasteiger partial charge in [-0.2, -0.15) is 0 Å². The molecule has 0 atom stereocenters. The summed E-state index contributed by atoms with van der Waals surface area (Å²) in [6, 6.07) is 12.8. The van der Waals surface area contributed by atoms with Crippen molar-refractivity contribution in [2.75, 3.05) is 0 Å². The lowest BCUT2D eigenvalue weighted by atomic mass is 10.2. The van der Waals surface area contributed by atoms with Gasteiger partial charge in [-0.15, -0.1) is 11.3 Å². The maximum Gasteiger partial charge on any atom is 0.124 e. The minimum atomic E-state index is 0.0440. The van der Waals surface area contributed by atoms with Gasteiger partial charge in [-0.25, -0.2) is 4.98 Å². The first-order valence-corrected chi connectivity index (χ1v) is 6.37. The summed E-state index contributed by atoms with van der Waals surface area (Å²) in [5, 5.41) is 19.3. The van der Waals surface area contributed by atoms with E-state index in [1.807, 2.05) is 30.3 Å². The van der Waals surface area contributed by atoms with Crippen molar-refractivity contribution in [2.45, 2.75) is 6.61 Å². The first kappa shape index (κ1) is 11.2. The van der Waals surface area contributed by atoms with Gasteiger partial charge in [0.05, 0.1) is 16.8 Å². The zero-order valence-corrected chi connectivity index (χ0v) is 10.3.